The Bertz CT molecular complexity index is 447. The van der Waals surface area contributed by atoms with Gasteiger partial charge in [0.2, 0.25) is 0 Å². The van der Waals surface area contributed by atoms with Gasteiger partial charge in [-0.1, -0.05) is 37.8 Å². The fourth-order valence-electron chi connectivity index (χ4n) is 1.41. The van der Waals surface area contributed by atoms with Crippen LogP contribution in [0.15, 0.2) is 22.1 Å². The maximum atomic E-state index is 11.5. The molecule has 0 unspecified atom stereocenters. The van der Waals surface area contributed by atoms with Gasteiger partial charge in [-0.3, -0.25) is 4.57 Å². The Morgan fingerprint density at radius 2 is 2.17 bits per heavy atom. The van der Waals surface area contributed by atoms with E-state index in [1.54, 1.807) is 4.57 Å². The summed E-state index contributed by atoms with van der Waals surface area (Å²) in [5, 5.41) is 10.6. The summed E-state index contributed by atoms with van der Waals surface area (Å²) in [5.41, 5.74) is 0.942. The van der Waals surface area contributed by atoms with Crippen molar-refractivity contribution in [3.05, 3.63) is 22.6 Å². The third-order valence-electron chi connectivity index (χ3n) is 2.35. The molecule has 5 nitrogen and oxygen atoms in total. The van der Waals surface area contributed by atoms with E-state index in [1.165, 1.54) is 11.8 Å². The van der Waals surface area contributed by atoms with Gasteiger partial charge in [-0.05, 0) is 13.8 Å². The van der Waals surface area contributed by atoms with Gasteiger partial charge in [-0.25, -0.2) is 9.89 Å². The standard InChI is InChI=1S/C12H22N4OS/c1-8(2)13-6-10(5)7-18-12-15-14-11(17)16(12)9(3)4/h8-9,13H,5-7H2,1-4H3,(H,14,17). The molecule has 18 heavy (non-hydrogen) atoms. The number of aromatic nitrogens is 3. The van der Waals surface area contributed by atoms with Crippen molar-refractivity contribution in [3.8, 4) is 0 Å². The monoisotopic (exact) mass is 270 g/mol. The average molecular weight is 270 g/mol. The number of aromatic amines is 1. The molecule has 0 saturated heterocycles. The van der Waals surface area contributed by atoms with Crippen LogP contribution in [0.2, 0.25) is 0 Å². The van der Waals surface area contributed by atoms with Crippen molar-refractivity contribution in [3.63, 3.8) is 0 Å². The number of rotatable bonds is 7. The number of hydrogen-bond donors (Lipinski definition) is 2. The SMILES string of the molecule is C=C(CNC(C)C)CSc1n[nH]c(=O)n1C(C)C. The summed E-state index contributed by atoms with van der Waals surface area (Å²) in [4.78, 5) is 11.5. The molecule has 1 aromatic heterocycles. The van der Waals surface area contributed by atoms with Crippen molar-refractivity contribution in [2.45, 2.75) is 44.9 Å². The first-order valence-electron chi connectivity index (χ1n) is 6.11. The number of thioether (sulfide) groups is 1. The number of nitrogens with zero attached hydrogens (tertiary/aromatic N) is 2. The lowest BCUT2D eigenvalue weighted by Gasteiger charge is -2.11. The van der Waals surface area contributed by atoms with E-state index in [0.717, 1.165) is 23.0 Å². The summed E-state index contributed by atoms with van der Waals surface area (Å²) >= 11 is 1.54. The molecule has 1 rings (SSSR count). The quantitative estimate of drug-likeness (QED) is 0.586. The Morgan fingerprint density at radius 1 is 1.50 bits per heavy atom. The summed E-state index contributed by atoms with van der Waals surface area (Å²) in [7, 11) is 0. The Labute approximate surface area is 112 Å². The molecule has 0 aromatic carbocycles. The third kappa shape index (κ3) is 4.34. The molecule has 0 spiro atoms. The highest BCUT2D eigenvalue weighted by molar-refractivity contribution is 7.99. The van der Waals surface area contributed by atoms with Crippen LogP contribution in [0.1, 0.15) is 33.7 Å². The van der Waals surface area contributed by atoms with Gasteiger partial charge in [0.1, 0.15) is 0 Å². The van der Waals surface area contributed by atoms with Crippen LogP contribution < -0.4 is 11.0 Å². The minimum Gasteiger partial charge on any atom is -0.311 e. The maximum absolute atomic E-state index is 11.5. The van der Waals surface area contributed by atoms with E-state index in [2.05, 4.69) is 35.9 Å². The molecule has 0 fully saturated rings. The Hall–Kier alpha value is -1.01. The zero-order chi connectivity index (χ0) is 13.7. The van der Waals surface area contributed by atoms with Crippen molar-refractivity contribution >= 4 is 11.8 Å². The van der Waals surface area contributed by atoms with Crippen LogP contribution in [0.3, 0.4) is 0 Å². The van der Waals surface area contributed by atoms with Crippen LogP contribution in [0.5, 0.6) is 0 Å². The van der Waals surface area contributed by atoms with Gasteiger partial charge in [0.25, 0.3) is 0 Å². The van der Waals surface area contributed by atoms with E-state index in [0.29, 0.717) is 6.04 Å². The lowest BCUT2D eigenvalue weighted by molar-refractivity contribution is 0.534. The van der Waals surface area contributed by atoms with Crippen LogP contribution in [-0.4, -0.2) is 33.1 Å². The maximum Gasteiger partial charge on any atom is 0.344 e. The summed E-state index contributed by atoms with van der Waals surface area (Å²) in [6.45, 7) is 12.9. The smallest absolute Gasteiger partial charge is 0.311 e. The van der Waals surface area contributed by atoms with E-state index in [1.807, 2.05) is 13.8 Å². The molecule has 0 amide bonds. The molecule has 1 heterocycles. The Balaban J connectivity index is 2.54. The summed E-state index contributed by atoms with van der Waals surface area (Å²) in [5.74, 6) is 0.761. The van der Waals surface area contributed by atoms with Gasteiger partial charge in [0, 0.05) is 24.4 Å². The number of hydrogen-bond acceptors (Lipinski definition) is 4. The zero-order valence-electron chi connectivity index (χ0n) is 11.5. The van der Waals surface area contributed by atoms with Crippen molar-refractivity contribution in [2.75, 3.05) is 12.3 Å². The van der Waals surface area contributed by atoms with Crippen LogP contribution in [-0.2, 0) is 0 Å². The van der Waals surface area contributed by atoms with E-state index in [-0.39, 0.29) is 11.7 Å². The van der Waals surface area contributed by atoms with Gasteiger partial charge < -0.3 is 5.32 Å². The highest BCUT2D eigenvalue weighted by Crippen LogP contribution is 2.18. The van der Waals surface area contributed by atoms with Crippen LogP contribution >= 0.6 is 11.8 Å². The van der Waals surface area contributed by atoms with Crippen molar-refractivity contribution < 1.29 is 0 Å². The minimum absolute atomic E-state index is 0.112. The molecule has 6 heteroatoms. The molecular weight excluding hydrogens is 248 g/mol. The fourth-order valence-corrected chi connectivity index (χ4v) is 2.39. The molecule has 0 saturated carbocycles. The second-order valence-corrected chi connectivity index (χ2v) is 5.79. The largest absolute Gasteiger partial charge is 0.344 e. The molecule has 0 atom stereocenters. The van der Waals surface area contributed by atoms with Crippen molar-refractivity contribution in [1.29, 1.82) is 0 Å². The van der Waals surface area contributed by atoms with Gasteiger partial charge in [0.05, 0.1) is 0 Å². The normalized spacial score (nSPS) is 11.4. The first-order valence-corrected chi connectivity index (χ1v) is 7.10. The molecule has 0 aliphatic carbocycles. The third-order valence-corrected chi connectivity index (χ3v) is 3.45. The van der Waals surface area contributed by atoms with Crippen molar-refractivity contribution in [1.82, 2.24) is 20.1 Å². The highest BCUT2D eigenvalue weighted by atomic mass is 32.2. The minimum atomic E-state index is -0.154. The Morgan fingerprint density at radius 3 is 2.72 bits per heavy atom. The van der Waals surface area contributed by atoms with Crippen LogP contribution in [0.4, 0.5) is 0 Å². The first-order chi connectivity index (χ1) is 8.41. The zero-order valence-corrected chi connectivity index (χ0v) is 12.3. The fraction of sp³-hybridized carbons (Fsp3) is 0.667. The number of nitrogens with one attached hydrogen (secondary N) is 2. The predicted molar refractivity (Wildman–Crippen MR) is 76.2 cm³/mol. The first kappa shape index (κ1) is 15.0. The molecule has 0 aliphatic rings. The van der Waals surface area contributed by atoms with Gasteiger partial charge in [-0.2, -0.15) is 0 Å². The van der Waals surface area contributed by atoms with E-state index in [9.17, 15) is 4.79 Å². The van der Waals surface area contributed by atoms with E-state index in [4.69, 9.17) is 0 Å². The molecule has 0 radical (unpaired) electrons. The van der Waals surface area contributed by atoms with Crippen LogP contribution in [0, 0.1) is 0 Å². The molecule has 1 aromatic rings. The summed E-state index contributed by atoms with van der Waals surface area (Å²) in [6, 6.07) is 0.562. The van der Waals surface area contributed by atoms with E-state index < -0.39 is 0 Å². The van der Waals surface area contributed by atoms with Gasteiger partial charge >= 0.3 is 5.69 Å². The second-order valence-electron chi connectivity index (χ2n) is 4.85. The lowest BCUT2D eigenvalue weighted by atomic mass is 10.3. The molecule has 0 aliphatic heterocycles. The summed E-state index contributed by atoms with van der Waals surface area (Å²) < 4.78 is 1.66. The van der Waals surface area contributed by atoms with E-state index >= 15 is 0 Å². The van der Waals surface area contributed by atoms with Crippen LogP contribution in [0.25, 0.3) is 0 Å². The molecule has 0 bridgehead atoms. The molecular formula is C12H22N4OS. The predicted octanol–water partition coefficient (Wildman–Crippen LogP) is 1.80. The Kier molecular flexibility index (Phi) is 5.68. The molecule has 102 valence electrons. The van der Waals surface area contributed by atoms with Gasteiger partial charge in [-0.15, -0.1) is 5.10 Å². The highest BCUT2D eigenvalue weighted by Gasteiger charge is 2.11. The lowest BCUT2D eigenvalue weighted by Crippen LogP contribution is -2.25. The topological polar surface area (TPSA) is 62.7 Å². The average Bonchev–Trinajstić information content (AvgIpc) is 2.65. The summed E-state index contributed by atoms with van der Waals surface area (Å²) in [6.07, 6.45) is 0. The van der Waals surface area contributed by atoms with Crippen molar-refractivity contribution in [2.24, 2.45) is 0 Å². The second kappa shape index (κ2) is 6.80. The number of H-pyrrole nitrogens is 1. The van der Waals surface area contributed by atoms with Gasteiger partial charge in [0.15, 0.2) is 5.16 Å². The molecule has 2 N–H and O–H groups in total.